The van der Waals surface area contributed by atoms with Gasteiger partial charge in [0.2, 0.25) is 0 Å². The molecule has 1 fully saturated rings. The molecule has 336 valence electrons. The third kappa shape index (κ3) is 14.5. The molecule has 1 aliphatic carbocycles. The molecule has 3 aromatic rings. The number of aliphatic hydroxyl groups is 2. The lowest BCUT2D eigenvalue weighted by molar-refractivity contribution is -0.147. The van der Waals surface area contributed by atoms with Crippen LogP contribution in [0.3, 0.4) is 0 Å². The van der Waals surface area contributed by atoms with Gasteiger partial charge in [-0.2, -0.15) is 0 Å². The monoisotopic (exact) mass is 843 g/mol. The summed E-state index contributed by atoms with van der Waals surface area (Å²) in [4.78, 5) is 24.5. The molecular formula is C53H75FO7. The van der Waals surface area contributed by atoms with Gasteiger partial charge in [0.1, 0.15) is 11.6 Å². The van der Waals surface area contributed by atoms with Crippen molar-refractivity contribution in [1.82, 2.24) is 0 Å². The summed E-state index contributed by atoms with van der Waals surface area (Å²) in [6.45, 7) is 15.8. The van der Waals surface area contributed by atoms with E-state index in [1.165, 1.54) is 38.5 Å². The van der Waals surface area contributed by atoms with E-state index in [0.717, 1.165) is 70.5 Å². The third-order valence-corrected chi connectivity index (χ3v) is 12.7. The second-order valence-electron chi connectivity index (χ2n) is 17.9. The Hall–Kier alpha value is -4.01. The second kappa shape index (κ2) is 25.2. The summed E-state index contributed by atoms with van der Waals surface area (Å²) in [5, 5.41) is 20.5. The fourth-order valence-corrected chi connectivity index (χ4v) is 8.83. The SMILES string of the molecule is C=C(C)C(=O)OCCCc1cc(-c2ccc(-c3ccc(C4CCC(CCCCC)CC4)cc3F)cc2CC)cc(CCCOC(=O)C(C)C)c1OCCC(CO)(CO)CCC. The predicted octanol–water partition coefficient (Wildman–Crippen LogP) is 12.3. The summed E-state index contributed by atoms with van der Waals surface area (Å²) >= 11 is 0. The Morgan fingerprint density at radius 1 is 0.770 bits per heavy atom. The first-order valence-electron chi connectivity index (χ1n) is 23.3. The smallest absolute Gasteiger partial charge is 0.333 e. The number of carbonyl (C=O) groups is 2. The van der Waals surface area contributed by atoms with Crippen LogP contribution >= 0.6 is 0 Å². The van der Waals surface area contributed by atoms with Crippen LogP contribution in [0.2, 0.25) is 0 Å². The molecule has 0 saturated heterocycles. The Kier molecular flexibility index (Phi) is 20.5. The van der Waals surface area contributed by atoms with E-state index in [9.17, 15) is 19.8 Å². The number of unbranched alkanes of at least 4 members (excludes halogenated alkanes) is 2. The van der Waals surface area contributed by atoms with Gasteiger partial charge in [-0.15, -0.1) is 0 Å². The molecule has 0 radical (unpaired) electrons. The molecule has 8 heteroatoms. The molecule has 61 heavy (non-hydrogen) atoms. The number of ether oxygens (including phenoxy) is 3. The van der Waals surface area contributed by atoms with Gasteiger partial charge in [0.05, 0.1) is 39.0 Å². The molecule has 1 saturated carbocycles. The van der Waals surface area contributed by atoms with E-state index in [2.05, 4.69) is 50.8 Å². The molecule has 1 aliphatic rings. The molecule has 0 aliphatic heterocycles. The van der Waals surface area contributed by atoms with Crippen molar-refractivity contribution in [3.63, 3.8) is 0 Å². The number of halogens is 1. The molecular weight excluding hydrogens is 768 g/mol. The highest BCUT2D eigenvalue weighted by Crippen LogP contribution is 2.41. The van der Waals surface area contributed by atoms with Gasteiger partial charge >= 0.3 is 11.9 Å². The molecule has 0 aromatic heterocycles. The largest absolute Gasteiger partial charge is 0.493 e. The molecule has 0 unspecified atom stereocenters. The van der Waals surface area contributed by atoms with Crippen LogP contribution in [0.25, 0.3) is 22.3 Å². The van der Waals surface area contributed by atoms with Crippen LogP contribution in [0.15, 0.2) is 60.7 Å². The van der Waals surface area contributed by atoms with Crippen LogP contribution in [-0.2, 0) is 38.3 Å². The molecule has 0 amide bonds. The predicted molar refractivity (Wildman–Crippen MR) is 245 cm³/mol. The standard InChI is InChI=1S/C53H75FO7/c1-8-11-12-15-39-18-20-41(21-19-39)42-22-25-48(49(54)34-42)43-23-24-47(40(10-3)31-43)46-32-44(16-13-28-60-51(57)37(4)5)50(59-30-27-53(35-55,36-56)26-9-2)45(33-46)17-14-29-61-52(58)38(6)7/h22-25,31-34,38-39,41,55-56H,4,8-21,26-30,35-36H2,1-3,5-7H3. The Morgan fingerprint density at radius 2 is 1.41 bits per heavy atom. The van der Waals surface area contributed by atoms with Crippen molar-refractivity contribution in [1.29, 1.82) is 0 Å². The molecule has 3 aromatic carbocycles. The van der Waals surface area contributed by atoms with Crippen LogP contribution < -0.4 is 4.74 Å². The van der Waals surface area contributed by atoms with E-state index in [4.69, 9.17) is 14.2 Å². The molecule has 4 rings (SSSR count). The van der Waals surface area contributed by atoms with Gasteiger partial charge in [0.25, 0.3) is 0 Å². The zero-order valence-corrected chi connectivity index (χ0v) is 38.2. The lowest BCUT2D eigenvalue weighted by Gasteiger charge is -2.30. The van der Waals surface area contributed by atoms with Crippen molar-refractivity contribution in [3.05, 3.63) is 88.8 Å². The maximum Gasteiger partial charge on any atom is 0.333 e. The summed E-state index contributed by atoms with van der Waals surface area (Å²) in [5.41, 5.74) is 7.26. The van der Waals surface area contributed by atoms with Gasteiger partial charge in [-0.05, 0) is 147 Å². The molecule has 0 spiro atoms. The van der Waals surface area contributed by atoms with Crippen molar-refractivity contribution in [2.24, 2.45) is 17.3 Å². The van der Waals surface area contributed by atoms with Crippen LogP contribution in [0, 0.1) is 23.1 Å². The highest BCUT2D eigenvalue weighted by Gasteiger charge is 2.28. The van der Waals surface area contributed by atoms with Gasteiger partial charge in [-0.1, -0.05) is 104 Å². The number of esters is 2. The maximum atomic E-state index is 16.0. The summed E-state index contributed by atoms with van der Waals surface area (Å²) in [6, 6.07) is 16.4. The van der Waals surface area contributed by atoms with Crippen molar-refractivity contribution in [3.8, 4) is 28.0 Å². The third-order valence-electron chi connectivity index (χ3n) is 12.7. The van der Waals surface area contributed by atoms with Crippen molar-refractivity contribution in [2.45, 2.75) is 150 Å². The number of hydrogen-bond donors (Lipinski definition) is 2. The first-order valence-corrected chi connectivity index (χ1v) is 23.3. The normalized spacial score (nSPS) is 15.5. The van der Waals surface area contributed by atoms with E-state index in [1.54, 1.807) is 13.0 Å². The lowest BCUT2D eigenvalue weighted by Crippen LogP contribution is -2.31. The number of hydrogen-bond acceptors (Lipinski definition) is 7. The lowest BCUT2D eigenvalue weighted by atomic mass is 9.77. The number of aryl methyl sites for hydroxylation is 3. The fourth-order valence-electron chi connectivity index (χ4n) is 8.83. The van der Waals surface area contributed by atoms with Gasteiger partial charge in [-0.3, -0.25) is 4.79 Å². The molecule has 7 nitrogen and oxygen atoms in total. The second-order valence-corrected chi connectivity index (χ2v) is 17.9. The van der Waals surface area contributed by atoms with Crippen LogP contribution in [0.1, 0.15) is 153 Å². The highest BCUT2D eigenvalue weighted by molar-refractivity contribution is 5.86. The van der Waals surface area contributed by atoms with E-state index in [0.29, 0.717) is 61.3 Å². The van der Waals surface area contributed by atoms with Crippen molar-refractivity contribution >= 4 is 11.9 Å². The Morgan fingerprint density at radius 3 is 1.98 bits per heavy atom. The molecule has 2 N–H and O–H groups in total. The minimum absolute atomic E-state index is 0.140. The fraction of sp³-hybridized carbons (Fsp3) is 0.585. The van der Waals surface area contributed by atoms with E-state index in [-0.39, 0.29) is 50.7 Å². The number of benzene rings is 3. The Bertz CT molecular complexity index is 1850. The maximum absolute atomic E-state index is 16.0. The minimum Gasteiger partial charge on any atom is -0.493 e. The topological polar surface area (TPSA) is 102 Å². The number of carbonyl (C=O) groups excluding carboxylic acids is 2. The van der Waals surface area contributed by atoms with Crippen LogP contribution in [0.4, 0.5) is 4.39 Å². The zero-order chi connectivity index (χ0) is 44.4. The van der Waals surface area contributed by atoms with Gasteiger partial charge in [-0.25, -0.2) is 9.18 Å². The van der Waals surface area contributed by atoms with Gasteiger partial charge in [0, 0.05) is 16.6 Å². The van der Waals surface area contributed by atoms with Gasteiger partial charge in [0.15, 0.2) is 0 Å². The zero-order valence-electron chi connectivity index (χ0n) is 38.2. The molecule has 0 heterocycles. The highest BCUT2D eigenvalue weighted by atomic mass is 19.1. The number of rotatable bonds is 26. The van der Waals surface area contributed by atoms with E-state index in [1.807, 2.05) is 32.9 Å². The van der Waals surface area contributed by atoms with E-state index >= 15 is 4.39 Å². The van der Waals surface area contributed by atoms with Crippen molar-refractivity contribution < 1.29 is 38.4 Å². The Balaban J connectivity index is 1.67. The average Bonchev–Trinajstić information content (AvgIpc) is 3.26. The molecule has 0 atom stereocenters. The first-order chi connectivity index (χ1) is 29.4. The number of aliphatic hydroxyl groups excluding tert-OH is 2. The average molecular weight is 843 g/mol. The summed E-state index contributed by atoms with van der Waals surface area (Å²) < 4.78 is 33.7. The Labute approximate surface area is 366 Å². The summed E-state index contributed by atoms with van der Waals surface area (Å²) in [7, 11) is 0. The van der Waals surface area contributed by atoms with Crippen molar-refractivity contribution in [2.75, 3.05) is 33.0 Å². The first kappa shape index (κ1) is 49.6. The molecule has 0 bridgehead atoms. The van der Waals surface area contributed by atoms with E-state index < -0.39 is 11.4 Å². The summed E-state index contributed by atoms with van der Waals surface area (Å²) in [6.07, 6.45) is 14.9. The quantitative estimate of drug-likeness (QED) is 0.0471. The summed E-state index contributed by atoms with van der Waals surface area (Å²) in [5.74, 6) is 0.868. The minimum atomic E-state index is -0.651. The van der Waals surface area contributed by atoms with Gasteiger partial charge < -0.3 is 24.4 Å². The van der Waals surface area contributed by atoms with Crippen LogP contribution in [0.5, 0.6) is 5.75 Å². The van der Waals surface area contributed by atoms with Crippen LogP contribution in [-0.4, -0.2) is 55.2 Å².